The standard InChI is InChI=1S/C22H23ClN4O2S/c1-3-11-27(21(29)17-8-5-9-18(23)14-17)12-10-19(28)24-22-26-25-20(30-22)16-7-4-6-15(2)13-16/h4-9,13-14H,3,10-12H2,1-2H3,(H,24,26,28). The summed E-state index contributed by atoms with van der Waals surface area (Å²) in [5.41, 5.74) is 2.62. The lowest BCUT2D eigenvalue weighted by Crippen LogP contribution is -2.34. The van der Waals surface area contributed by atoms with Crippen molar-refractivity contribution in [2.24, 2.45) is 0 Å². The van der Waals surface area contributed by atoms with E-state index in [1.165, 1.54) is 11.3 Å². The van der Waals surface area contributed by atoms with Crippen LogP contribution < -0.4 is 5.32 Å². The van der Waals surface area contributed by atoms with Gasteiger partial charge in [-0.25, -0.2) is 0 Å². The van der Waals surface area contributed by atoms with Gasteiger partial charge in [0.1, 0.15) is 5.01 Å². The molecule has 8 heteroatoms. The Hall–Kier alpha value is -2.77. The van der Waals surface area contributed by atoms with Crippen LogP contribution in [-0.2, 0) is 4.79 Å². The maximum Gasteiger partial charge on any atom is 0.253 e. The lowest BCUT2D eigenvalue weighted by Gasteiger charge is -2.22. The van der Waals surface area contributed by atoms with E-state index in [1.54, 1.807) is 29.2 Å². The van der Waals surface area contributed by atoms with Crippen molar-refractivity contribution in [1.29, 1.82) is 0 Å². The van der Waals surface area contributed by atoms with E-state index in [0.717, 1.165) is 22.6 Å². The Labute approximate surface area is 184 Å². The third kappa shape index (κ3) is 5.87. The highest BCUT2D eigenvalue weighted by Crippen LogP contribution is 2.26. The van der Waals surface area contributed by atoms with Crippen LogP contribution in [0.5, 0.6) is 0 Å². The highest BCUT2D eigenvalue weighted by Gasteiger charge is 2.17. The van der Waals surface area contributed by atoms with Crippen molar-refractivity contribution in [3.8, 4) is 10.6 Å². The molecule has 2 aromatic carbocycles. The van der Waals surface area contributed by atoms with Crippen molar-refractivity contribution >= 4 is 39.9 Å². The van der Waals surface area contributed by atoms with Crippen LogP contribution >= 0.6 is 22.9 Å². The van der Waals surface area contributed by atoms with Gasteiger partial charge in [0.15, 0.2) is 0 Å². The number of nitrogens with zero attached hydrogens (tertiary/aromatic N) is 3. The van der Waals surface area contributed by atoms with Crippen molar-refractivity contribution in [2.45, 2.75) is 26.7 Å². The van der Waals surface area contributed by atoms with Crippen molar-refractivity contribution < 1.29 is 9.59 Å². The van der Waals surface area contributed by atoms with Gasteiger partial charge >= 0.3 is 0 Å². The minimum absolute atomic E-state index is 0.134. The van der Waals surface area contributed by atoms with Gasteiger partial charge in [-0.05, 0) is 37.6 Å². The summed E-state index contributed by atoms with van der Waals surface area (Å²) in [6, 6.07) is 14.8. The summed E-state index contributed by atoms with van der Waals surface area (Å²) in [6.07, 6.45) is 0.968. The summed E-state index contributed by atoms with van der Waals surface area (Å²) in [5.74, 6) is -0.341. The molecule has 0 spiro atoms. The Morgan fingerprint density at radius 2 is 1.90 bits per heavy atom. The molecular formula is C22H23ClN4O2S. The van der Waals surface area contributed by atoms with E-state index in [0.29, 0.717) is 28.8 Å². The summed E-state index contributed by atoms with van der Waals surface area (Å²) >= 11 is 7.32. The zero-order valence-electron chi connectivity index (χ0n) is 16.9. The number of halogens is 1. The average Bonchev–Trinajstić information content (AvgIpc) is 3.19. The van der Waals surface area contributed by atoms with Gasteiger partial charge in [0, 0.05) is 35.7 Å². The SMILES string of the molecule is CCCN(CCC(=O)Nc1nnc(-c2cccc(C)c2)s1)C(=O)c1cccc(Cl)c1. The number of aromatic nitrogens is 2. The molecule has 1 heterocycles. The van der Waals surface area contributed by atoms with E-state index < -0.39 is 0 Å². The molecule has 0 aliphatic carbocycles. The van der Waals surface area contributed by atoms with Gasteiger partial charge in [-0.2, -0.15) is 0 Å². The fraction of sp³-hybridized carbons (Fsp3) is 0.273. The van der Waals surface area contributed by atoms with Crippen LogP contribution in [0.1, 0.15) is 35.7 Å². The Balaban J connectivity index is 1.59. The first kappa shape index (κ1) is 21.9. The van der Waals surface area contributed by atoms with Crippen LogP contribution in [0.3, 0.4) is 0 Å². The number of aryl methyl sites for hydroxylation is 1. The fourth-order valence-corrected chi connectivity index (χ4v) is 3.92. The number of nitrogens with one attached hydrogen (secondary N) is 1. The normalized spacial score (nSPS) is 10.6. The Bertz CT molecular complexity index is 1040. The minimum atomic E-state index is -0.207. The predicted octanol–water partition coefficient (Wildman–Crippen LogP) is 5.05. The molecule has 0 fully saturated rings. The minimum Gasteiger partial charge on any atom is -0.338 e. The second kappa shape index (κ2) is 10.3. The number of hydrogen-bond donors (Lipinski definition) is 1. The van der Waals surface area contributed by atoms with Gasteiger partial charge in [-0.1, -0.05) is 59.7 Å². The maximum absolute atomic E-state index is 12.8. The molecule has 0 atom stereocenters. The van der Waals surface area contributed by atoms with Gasteiger partial charge in [-0.15, -0.1) is 10.2 Å². The average molecular weight is 443 g/mol. The van der Waals surface area contributed by atoms with Gasteiger partial charge in [-0.3, -0.25) is 9.59 Å². The molecule has 156 valence electrons. The number of carbonyl (C=O) groups is 2. The van der Waals surface area contributed by atoms with E-state index in [1.807, 2.05) is 38.1 Å². The third-order valence-electron chi connectivity index (χ3n) is 4.40. The summed E-state index contributed by atoms with van der Waals surface area (Å²) in [7, 11) is 0. The summed E-state index contributed by atoms with van der Waals surface area (Å²) in [5, 5.41) is 12.7. The number of benzene rings is 2. The highest BCUT2D eigenvalue weighted by atomic mass is 35.5. The van der Waals surface area contributed by atoms with Crippen LogP contribution in [0, 0.1) is 6.92 Å². The third-order valence-corrected chi connectivity index (χ3v) is 5.52. The maximum atomic E-state index is 12.8. The number of carbonyl (C=O) groups excluding carboxylic acids is 2. The molecule has 2 amide bonds. The summed E-state index contributed by atoms with van der Waals surface area (Å²) in [6.45, 7) is 4.88. The van der Waals surface area contributed by atoms with Crippen molar-refractivity contribution in [3.05, 3.63) is 64.7 Å². The molecule has 6 nitrogen and oxygen atoms in total. The molecular weight excluding hydrogens is 420 g/mol. The molecule has 0 aliphatic rings. The summed E-state index contributed by atoms with van der Waals surface area (Å²) in [4.78, 5) is 26.8. The number of amides is 2. The second-order valence-corrected chi connectivity index (χ2v) is 8.30. The van der Waals surface area contributed by atoms with Crippen LogP contribution in [0.4, 0.5) is 5.13 Å². The second-order valence-electron chi connectivity index (χ2n) is 6.88. The van der Waals surface area contributed by atoms with Crippen LogP contribution in [-0.4, -0.2) is 40.0 Å². The molecule has 0 bridgehead atoms. The highest BCUT2D eigenvalue weighted by molar-refractivity contribution is 7.18. The Morgan fingerprint density at radius 3 is 2.63 bits per heavy atom. The predicted molar refractivity (Wildman–Crippen MR) is 121 cm³/mol. The monoisotopic (exact) mass is 442 g/mol. The molecule has 0 saturated heterocycles. The molecule has 30 heavy (non-hydrogen) atoms. The smallest absolute Gasteiger partial charge is 0.253 e. The van der Waals surface area contributed by atoms with Crippen LogP contribution in [0.25, 0.3) is 10.6 Å². The molecule has 0 radical (unpaired) electrons. The van der Waals surface area contributed by atoms with E-state index in [-0.39, 0.29) is 18.2 Å². The molecule has 0 saturated carbocycles. The molecule has 3 aromatic rings. The topological polar surface area (TPSA) is 75.2 Å². The number of hydrogen-bond acceptors (Lipinski definition) is 5. The van der Waals surface area contributed by atoms with Gasteiger partial charge in [0.05, 0.1) is 0 Å². The van der Waals surface area contributed by atoms with Gasteiger partial charge in [0.2, 0.25) is 11.0 Å². The van der Waals surface area contributed by atoms with Gasteiger partial charge in [0.25, 0.3) is 5.91 Å². The van der Waals surface area contributed by atoms with Crippen molar-refractivity contribution in [2.75, 3.05) is 18.4 Å². The number of rotatable bonds is 8. The van der Waals surface area contributed by atoms with Crippen LogP contribution in [0.15, 0.2) is 48.5 Å². The summed E-state index contributed by atoms with van der Waals surface area (Å²) < 4.78 is 0. The van der Waals surface area contributed by atoms with E-state index in [4.69, 9.17) is 11.6 Å². The zero-order valence-corrected chi connectivity index (χ0v) is 18.5. The van der Waals surface area contributed by atoms with E-state index in [2.05, 4.69) is 15.5 Å². The lowest BCUT2D eigenvalue weighted by molar-refractivity contribution is -0.116. The quantitative estimate of drug-likeness (QED) is 0.529. The Morgan fingerprint density at radius 1 is 1.10 bits per heavy atom. The first-order valence-corrected chi connectivity index (χ1v) is 10.9. The molecule has 3 rings (SSSR count). The number of anilines is 1. The first-order chi connectivity index (χ1) is 14.5. The van der Waals surface area contributed by atoms with E-state index >= 15 is 0 Å². The fourth-order valence-electron chi connectivity index (χ4n) is 2.98. The molecule has 0 unspecified atom stereocenters. The lowest BCUT2D eigenvalue weighted by atomic mass is 10.1. The van der Waals surface area contributed by atoms with E-state index in [9.17, 15) is 9.59 Å². The first-order valence-electron chi connectivity index (χ1n) is 9.71. The molecule has 1 aromatic heterocycles. The van der Waals surface area contributed by atoms with Crippen molar-refractivity contribution in [1.82, 2.24) is 15.1 Å². The molecule has 1 N–H and O–H groups in total. The Kier molecular flexibility index (Phi) is 7.54. The van der Waals surface area contributed by atoms with Crippen molar-refractivity contribution in [3.63, 3.8) is 0 Å². The van der Waals surface area contributed by atoms with Gasteiger partial charge < -0.3 is 10.2 Å². The van der Waals surface area contributed by atoms with Crippen LogP contribution in [0.2, 0.25) is 5.02 Å². The zero-order chi connectivity index (χ0) is 21.5. The molecule has 0 aliphatic heterocycles. The largest absolute Gasteiger partial charge is 0.338 e.